The van der Waals surface area contributed by atoms with Crippen LogP contribution in [0.4, 0.5) is 0 Å². The van der Waals surface area contributed by atoms with Crippen LogP contribution in [0.15, 0.2) is 58.1 Å². The summed E-state index contributed by atoms with van der Waals surface area (Å²) in [5.74, 6) is 0.693. The lowest BCUT2D eigenvalue weighted by atomic mass is 10.1. The molecule has 0 unspecified atom stereocenters. The van der Waals surface area contributed by atoms with E-state index in [1.807, 2.05) is 25.1 Å². The van der Waals surface area contributed by atoms with Crippen LogP contribution >= 0.6 is 27.7 Å². The average Bonchev–Trinajstić information content (AvgIpc) is 2.97. The Kier molecular flexibility index (Phi) is 7.79. The zero-order valence-corrected chi connectivity index (χ0v) is 21.0. The highest BCUT2D eigenvalue weighted by molar-refractivity contribution is 9.10. The van der Waals surface area contributed by atoms with Crippen molar-refractivity contribution in [3.63, 3.8) is 0 Å². The van der Waals surface area contributed by atoms with E-state index in [1.165, 1.54) is 16.7 Å². The second-order valence-corrected chi connectivity index (χ2v) is 9.80. The highest BCUT2D eigenvalue weighted by Crippen LogP contribution is 2.30. The van der Waals surface area contributed by atoms with Crippen molar-refractivity contribution < 1.29 is 4.79 Å². The molecule has 1 amide bonds. The summed E-state index contributed by atoms with van der Waals surface area (Å²) in [5, 5.41) is 4.05. The highest BCUT2D eigenvalue weighted by atomic mass is 79.9. The fourth-order valence-corrected chi connectivity index (χ4v) is 4.75. The number of benzene rings is 2. The molecule has 3 aromatic rings. The van der Waals surface area contributed by atoms with Gasteiger partial charge >= 0.3 is 0 Å². The van der Waals surface area contributed by atoms with E-state index < -0.39 is 0 Å². The Balaban J connectivity index is 1.69. The molecule has 4 nitrogen and oxygen atoms in total. The lowest BCUT2D eigenvalue weighted by Crippen LogP contribution is -2.27. The molecule has 0 aliphatic carbocycles. The van der Waals surface area contributed by atoms with Gasteiger partial charge in [-0.05, 0) is 79.4 Å². The first-order valence-corrected chi connectivity index (χ1v) is 12.1. The van der Waals surface area contributed by atoms with Gasteiger partial charge in [-0.25, -0.2) is 5.43 Å². The Morgan fingerprint density at radius 2 is 1.81 bits per heavy atom. The lowest BCUT2D eigenvalue weighted by molar-refractivity contribution is -0.120. The minimum Gasteiger partial charge on any atom is -0.317 e. The van der Waals surface area contributed by atoms with Crippen molar-refractivity contribution in [3.05, 3.63) is 86.6 Å². The topological polar surface area (TPSA) is 46.4 Å². The third kappa shape index (κ3) is 5.49. The summed E-state index contributed by atoms with van der Waals surface area (Å²) in [4.78, 5) is 12.4. The monoisotopic (exact) mass is 497 g/mol. The van der Waals surface area contributed by atoms with E-state index >= 15 is 0 Å². The Morgan fingerprint density at radius 3 is 2.48 bits per heavy atom. The maximum atomic E-state index is 12.4. The maximum absolute atomic E-state index is 12.4. The van der Waals surface area contributed by atoms with Gasteiger partial charge in [0.25, 0.3) is 5.91 Å². The molecule has 0 aliphatic rings. The number of nitrogens with one attached hydrogen (secondary N) is 1. The fraction of sp³-hybridized carbons (Fsp3) is 0.280. The normalized spacial score (nSPS) is 12.3. The van der Waals surface area contributed by atoms with Crippen molar-refractivity contribution in [2.75, 3.05) is 0 Å². The minimum atomic E-state index is -0.191. The molecule has 2 aromatic carbocycles. The third-order valence-corrected chi connectivity index (χ3v) is 7.66. The number of aromatic nitrogens is 1. The number of hydrogen-bond donors (Lipinski definition) is 1. The van der Waals surface area contributed by atoms with Crippen LogP contribution in [0.1, 0.15) is 40.6 Å². The number of rotatable bonds is 7. The number of thioether (sulfide) groups is 1. The van der Waals surface area contributed by atoms with Crippen LogP contribution < -0.4 is 5.43 Å². The summed E-state index contributed by atoms with van der Waals surface area (Å²) in [5.41, 5.74) is 10.7. The van der Waals surface area contributed by atoms with Gasteiger partial charge in [-0.15, -0.1) is 11.8 Å². The molecule has 0 aliphatic heterocycles. The molecule has 0 radical (unpaired) electrons. The number of aryl methyl sites for hydroxylation is 2. The summed E-state index contributed by atoms with van der Waals surface area (Å²) < 4.78 is 3.19. The summed E-state index contributed by atoms with van der Waals surface area (Å²) in [6.07, 6.45) is 1.72. The van der Waals surface area contributed by atoms with Crippen molar-refractivity contribution in [3.8, 4) is 5.69 Å². The van der Waals surface area contributed by atoms with Crippen LogP contribution in [0.2, 0.25) is 0 Å². The van der Waals surface area contributed by atoms with E-state index in [4.69, 9.17) is 0 Å². The van der Waals surface area contributed by atoms with Crippen LogP contribution in [-0.2, 0) is 10.5 Å². The number of halogens is 1. The Hall–Kier alpha value is -2.31. The van der Waals surface area contributed by atoms with Gasteiger partial charge in [0.05, 0.1) is 11.5 Å². The van der Waals surface area contributed by atoms with Crippen LogP contribution in [-0.4, -0.2) is 21.9 Å². The second kappa shape index (κ2) is 10.3. The average molecular weight is 498 g/mol. The first-order valence-electron chi connectivity index (χ1n) is 10.2. The van der Waals surface area contributed by atoms with Crippen molar-refractivity contribution >= 4 is 39.8 Å². The molecule has 0 bridgehead atoms. The van der Waals surface area contributed by atoms with Gasteiger partial charge in [0.2, 0.25) is 0 Å². The summed E-state index contributed by atoms with van der Waals surface area (Å²) in [7, 11) is 0. The number of carbonyl (C=O) groups is 1. The zero-order chi connectivity index (χ0) is 22.5. The molecule has 0 saturated carbocycles. The standard InChI is InChI=1S/C25H28BrN3OS/c1-16-11-12-22(13-17(16)2)29-18(3)23(24(26)19(29)4)14-27-28-25(30)20(5)31-15-21-9-7-6-8-10-21/h6-14,20H,15H2,1-5H3,(H,28,30)/b27-14-/t20-/m0/s1. The molecule has 162 valence electrons. The number of hydrogen-bond acceptors (Lipinski definition) is 3. The van der Waals surface area contributed by atoms with E-state index in [0.717, 1.165) is 32.9 Å². The van der Waals surface area contributed by atoms with E-state index in [-0.39, 0.29) is 11.2 Å². The molecule has 0 fully saturated rings. The van der Waals surface area contributed by atoms with Gasteiger partial charge in [0.15, 0.2) is 0 Å². The first-order chi connectivity index (χ1) is 14.8. The van der Waals surface area contributed by atoms with E-state index in [2.05, 4.69) is 89.1 Å². The maximum Gasteiger partial charge on any atom is 0.252 e. The van der Waals surface area contributed by atoms with Crippen molar-refractivity contribution in [2.45, 2.75) is 45.6 Å². The minimum absolute atomic E-state index is 0.101. The highest BCUT2D eigenvalue weighted by Gasteiger charge is 2.17. The van der Waals surface area contributed by atoms with E-state index in [9.17, 15) is 4.79 Å². The largest absolute Gasteiger partial charge is 0.317 e. The Bertz CT molecular complexity index is 1110. The molecule has 31 heavy (non-hydrogen) atoms. The molecular weight excluding hydrogens is 470 g/mol. The Morgan fingerprint density at radius 1 is 1.10 bits per heavy atom. The fourth-order valence-electron chi connectivity index (χ4n) is 3.35. The van der Waals surface area contributed by atoms with Crippen LogP contribution in [0.25, 0.3) is 5.69 Å². The Labute approximate surface area is 197 Å². The lowest BCUT2D eigenvalue weighted by Gasteiger charge is -2.11. The van der Waals surface area contributed by atoms with Crippen molar-refractivity contribution in [1.82, 2.24) is 9.99 Å². The van der Waals surface area contributed by atoms with E-state index in [0.29, 0.717) is 0 Å². The third-order valence-electron chi connectivity index (χ3n) is 5.44. The SMILES string of the molecule is Cc1ccc(-n2c(C)c(Br)c(/C=N\NC(=O)[C@H](C)SCc3ccccc3)c2C)cc1C. The van der Waals surface area contributed by atoms with Gasteiger partial charge in [-0.2, -0.15) is 5.10 Å². The molecule has 3 rings (SSSR count). The number of nitrogens with zero attached hydrogens (tertiary/aromatic N) is 2. The van der Waals surface area contributed by atoms with E-state index in [1.54, 1.807) is 18.0 Å². The van der Waals surface area contributed by atoms with Gasteiger partial charge in [-0.1, -0.05) is 36.4 Å². The number of carbonyl (C=O) groups excluding carboxylic acids is 1. The van der Waals surface area contributed by atoms with Gasteiger partial charge in [-0.3, -0.25) is 4.79 Å². The quantitative estimate of drug-likeness (QED) is 0.309. The van der Waals surface area contributed by atoms with Crippen LogP contribution in [0.5, 0.6) is 0 Å². The molecule has 0 saturated heterocycles. The molecule has 0 spiro atoms. The van der Waals surface area contributed by atoms with Gasteiger partial charge in [0.1, 0.15) is 0 Å². The molecular formula is C25H28BrN3OS. The molecule has 1 aromatic heterocycles. The second-order valence-electron chi connectivity index (χ2n) is 7.68. The molecule has 1 N–H and O–H groups in total. The van der Waals surface area contributed by atoms with Gasteiger partial charge in [0, 0.05) is 32.9 Å². The van der Waals surface area contributed by atoms with Gasteiger partial charge < -0.3 is 4.57 Å². The summed E-state index contributed by atoms with van der Waals surface area (Å²) in [6.45, 7) is 10.3. The molecule has 1 atom stereocenters. The summed E-state index contributed by atoms with van der Waals surface area (Å²) in [6, 6.07) is 16.6. The van der Waals surface area contributed by atoms with Crippen LogP contribution in [0.3, 0.4) is 0 Å². The predicted octanol–water partition coefficient (Wildman–Crippen LogP) is 6.25. The molecule has 6 heteroatoms. The smallest absolute Gasteiger partial charge is 0.252 e. The predicted molar refractivity (Wildman–Crippen MR) is 135 cm³/mol. The van der Waals surface area contributed by atoms with Crippen molar-refractivity contribution in [1.29, 1.82) is 0 Å². The summed E-state index contributed by atoms with van der Waals surface area (Å²) >= 11 is 5.30. The zero-order valence-electron chi connectivity index (χ0n) is 18.6. The first kappa shape index (κ1) is 23.4. The number of hydrazone groups is 1. The number of amides is 1. The molecule has 1 heterocycles. The van der Waals surface area contributed by atoms with Crippen molar-refractivity contribution in [2.24, 2.45) is 5.10 Å². The van der Waals surface area contributed by atoms with Crippen LogP contribution in [0, 0.1) is 27.7 Å².